The van der Waals surface area contributed by atoms with Crippen LogP contribution in [0.2, 0.25) is 0 Å². The second-order valence-electron chi connectivity index (χ2n) is 3.24. The van der Waals surface area contributed by atoms with Crippen LogP contribution in [0.3, 0.4) is 0 Å². The van der Waals surface area contributed by atoms with Crippen molar-refractivity contribution in [1.29, 1.82) is 0 Å². The number of hydrogen-bond acceptors (Lipinski definition) is 4. The second kappa shape index (κ2) is 7.19. The summed E-state index contributed by atoms with van der Waals surface area (Å²) in [4.78, 5) is 21.4. The monoisotopic (exact) mass is 218 g/mol. The van der Waals surface area contributed by atoms with E-state index < -0.39 is 24.5 Å². The number of aliphatic carboxylic acids is 1. The zero-order valence-electron chi connectivity index (χ0n) is 8.99. The second-order valence-corrected chi connectivity index (χ2v) is 3.24. The number of aliphatic hydroxyl groups excluding tert-OH is 1. The first-order valence-corrected chi connectivity index (χ1v) is 4.87. The van der Waals surface area contributed by atoms with Crippen LogP contribution in [0.15, 0.2) is 0 Å². The van der Waals surface area contributed by atoms with E-state index >= 15 is 0 Å². The Hall–Kier alpha value is -1.14. The van der Waals surface area contributed by atoms with Crippen molar-refractivity contribution in [1.82, 2.24) is 10.6 Å². The predicted molar refractivity (Wildman–Crippen MR) is 54.4 cm³/mol. The molecule has 0 rings (SSSR count). The van der Waals surface area contributed by atoms with Crippen molar-refractivity contribution in [2.75, 3.05) is 13.6 Å². The minimum atomic E-state index is -1.21. The van der Waals surface area contributed by atoms with Gasteiger partial charge in [-0.05, 0) is 13.5 Å². The third-order valence-electron chi connectivity index (χ3n) is 2.03. The standard InChI is InChI=1S/C9H18N2O4/c1-3-4-6(10-2)8(14)9(15)11-5-7(12)13/h6,8,10,14H,3-5H2,1-2H3,(H,11,15)(H,12,13)/t6-,8?/m0/s1. The van der Waals surface area contributed by atoms with Gasteiger partial charge in [-0.1, -0.05) is 13.3 Å². The summed E-state index contributed by atoms with van der Waals surface area (Å²) in [6.07, 6.45) is 0.265. The van der Waals surface area contributed by atoms with E-state index in [0.29, 0.717) is 6.42 Å². The van der Waals surface area contributed by atoms with Crippen LogP contribution in [0, 0.1) is 0 Å². The first kappa shape index (κ1) is 13.9. The van der Waals surface area contributed by atoms with Gasteiger partial charge >= 0.3 is 5.97 Å². The minimum absolute atomic E-state index is 0.344. The van der Waals surface area contributed by atoms with Gasteiger partial charge in [-0.15, -0.1) is 0 Å². The fourth-order valence-corrected chi connectivity index (χ4v) is 1.22. The Morgan fingerprint density at radius 1 is 1.40 bits per heavy atom. The van der Waals surface area contributed by atoms with Crippen LogP contribution in [-0.4, -0.2) is 47.8 Å². The minimum Gasteiger partial charge on any atom is -0.480 e. The molecule has 88 valence electrons. The molecule has 0 saturated carbocycles. The molecule has 0 aliphatic rings. The van der Waals surface area contributed by atoms with Crippen LogP contribution in [0.5, 0.6) is 0 Å². The zero-order valence-corrected chi connectivity index (χ0v) is 8.99. The van der Waals surface area contributed by atoms with E-state index in [4.69, 9.17) is 5.11 Å². The van der Waals surface area contributed by atoms with Crippen LogP contribution in [-0.2, 0) is 9.59 Å². The van der Waals surface area contributed by atoms with Gasteiger partial charge in [-0.3, -0.25) is 9.59 Å². The third kappa shape index (κ3) is 5.34. The molecule has 0 aromatic heterocycles. The van der Waals surface area contributed by atoms with Gasteiger partial charge in [0.15, 0.2) is 0 Å². The molecule has 4 N–H and O–H groups in total. The molecular weight excluding hydrogens is 200 g/mol. The number of likely N-dealkylation sites (N-methyl/N-ethyl adjacent to an activating group) is 1. The van der Waals surface area contributed by atoms with Crippen LogP contribution >= 0.6 is 0 Å². The number of hydrogen-bond donors (Lipinski definition) is 4. The summed E-state index contributed by atoms with van der Waals surface area (Å²) >= 11 is 0. The van der Waals surface area contributed by atoms with Crippen molar-refractivity contribution in [2.24, 2.45) is 0 Å². The van der Waals surface area contributed by atoms with Gasteiger partial charge in [0.05, 0.1) is 0 Å². The Bertz CT molecular complexity index is 220. The maximum absolute atomic E-state index is 11.3. The van der Waals surface area contributed by atoms with Crippen LogP contribution in [0.25, 0.3) is 0 Å². The summed E-state index contributed by atoms with van der Waals surface area (Å²) in [5.41, 5.74) is 0. The van der Waals surface area contributed by atoms with Crippen molar-refractivity contribution >= 4 is 11.9 Å². The van der Waals surface area contributed by atoms with E-state index in [2.05, 4.69) is 10.6 Å². The first-order valence-electron chi connectivity index (χ1n) is 4.87. The molecule has 0 spiro atoms. The van der Waals surface area contributed by atoms with Crippen molar-refractivity contribution in [3.63, 3.8) is 0 Å². The van der Waals surface area contributed by atoms with Crippen molar-refractivity contribution in [2.45, 2.75) is 31.9 Å². The molecule has 1 unspecified atom stereocenters. The van der Waals surface area contributed by atoms with Gasteiger partial charge in [0, 0.05) is 6.04 Å². The fraction of sp³-hybridized carbons (Fsp3) is 0.778. The smallest absolute Gasteiger partial charge is 0.322 e. The largest absolute Gasteiger partial charge is 0.480 e. The normalized spacial score (nSPS) is 14.3. The van der Waals surface area contributed by atoms with Crippen molar-refractivity contribution in [3.05, 3.63) is 0 Å². The van der Waals surface area contributed by atoms with E-state index in [0.717, 1.165) is 6.42 Å². The van der Waals surface area contributed by atoms with E-state index in [1.807, 2.05) is 6.92 Å². The Morgan fingerprint density at radius 3 is 2.40 bits per heavy atom. The first-order chi connectivity index (χ1) is 7.02. The molecule has 0 fully saturated rings. The summed E-state index contributed by atoms with van der Waals surface area (Å²) in [5.74, 6) is -1.79. The van der Waals surface area contributed by atoms with Crippen LogP contribution in [0.1, 0.15) is 19.8 Å². The molecule has 0 aliphatic carbocycles. The van der Waals surface area contributed by atoms with E-state index in [1.54, 1.807) is 7.05 Å². The number of aliphatic hydroxyl groups is 1. The molecule has 0 aromatic rings. The Balaban J connectivity index is 4.09. The highest BCUT2D eigenvalue weighted by Crippen LogP contribution is 2.02. The summed E-state index contributed by atoms with van der Waals surface area (Å²) in [6.45, 7) is 1.46. The molecule has 0 aromatic carbocycles. The maximum Gasteiger partial charge on any atom is 0.322 e. The molecule has 0 aliphatic heterocycles. The Morgan fingerprint density at radius 2 is 2.00 bits per heavy atom. The molecule has 0 saturated heterocycles. The third-order valence-corrected chi connectivity index (χ3v) is 2.03. The fourth-order valence-electron chi connectivity index (χ4n) is 1.22. The topological polar surface area (TPSA) is 98.7 Å². The quantitative estimate of drug-likeness (QED) is 0.436. The van der Waals surface area contributed by atoms with Crippen molar-refractivity contribution in [3.8, 4) is 0 Å². The van der Waals surface area contributed by atoms with Gasteiger partial charge in [0.2, 0.25) is 0 Å². The number of carbonyl (C=O) groups excluding carboxylic acids is 1. The highest BCUT2D eigenvalue weighted by atomic mass is 16.4. The lowest BCUT2D eigenvalue weighted by atomic mass is 10.1. The number of amides is 1. The Kier molecular flexibility index (Phi) is 6.64. The van der Waals surface area contributed by atoms with E-state index in [9.17, 15) is 14.7 Å². The molecule has 0 radical (unpaired) electrons. The van der Waals surface area contributed by atoms with Gasteiger partial charge in [0.25, 0.3) is 5.91 Å². The summed E-state index contributed by atoms with van der Waals surface area (Å²) in [6, 6.07) is -0.344. The number of carboxylic acids is 1. The van der Waals surface area contributed by atoms with E-state index in [-0.39, 0.29) is 6.04 Å². The lowest BCUT2D eigenvalue weighted by molar-refractivity contribution is -0.140. The lowest BCUT2D eigenvalue weighted by Crippen LogP contribution is -2.48. The maximum atomic E-state index is 11.3. The molecular formula is C9H18N2O4. The van der Waals surface area contributed by atoms with E-state index in [1.165, 1.54) is 0 Å². The zero-order chi connectivity index (χ0) is 11.8. The average molecular weight is 218 g/mol. The summed E-state index contributed by atoms with van der Waals surface area (Å²) in [7, 11) is 1.65. The van der Waals surface area contributed by atoms with Gasteiger partial charge in [-0.25, -0.2) is 0 Å². The summed E-state index contributed by atoms with van der Waals surface area (Å²) < 4.78 is 0. The number of carbonyl (C=O) groups is 2. The van der Waals surface area contributed by atoms with Gasteiger partial charge in [0.1, 0.15) is 12.6 Å². The van der Waals surface area contributed by atoms with Crippen LogP contribution < -0.4 is 10.6 Å². The Labute approximate surface area is 88.7 Å². The highest BCUT2D eigenvalue weighted by molar-refractivity contribution is 5.84. The number of rotatable bonds is 7. The highest BCUT2D eigenvalue weighted by Gasteiger charge is 2.23. The number of nitrogens with one attached hydrogen (secondary N) is 2. The van der Waals surface area contributed by atoms with Gasteiger partial charge in [-0.2, -0.15) is 0 Å². The molecule has 6 nitrogen and oxygen atoms in total. The molecule has 15 heavy (non-hydrogen) atoms. The summed E-state index contributed by atoms with van der Waals surface area (Å²) in [5, 5.41) is 22.8. The average Bonchev–Trinajstić information content (AvgIpc) is 2.21. The molecule has 0 heterocycles. The molecule has 1 amide bonds. The van der Waals surface area contributed by atoms with Crippen molar-refractivity contribution < 1.29 is 19.8 Å². The SMILES string of the molecule is CCC[C@H](NC)C(O)C(=O)NCC(=O)O. The number of carboxylic acid groups (broad SMARTS) is 1. The molecule has 2 atom stereocenters. The molecule has 0 bridgehead atoms. The molecule has 6 heteroatoms. The predicted octanol–water partition coefficient (Wildman–Crippen LogP) is -1.06. The van der Waals surface area contributed by atoms with Gasteiger partial charge < -0.3 is 20.8 Å². The van der Waals surface area contributed by atoms with Crippen LogP contribution in [0.4, 0.5) is 0 Å². The lowest BCUT2D eigenvalue weighted by Gasteiger charge is -2.20.